The Labute approximate surface area is 105 Å². The fourth-order valence-electron chi connectivity index (χ4n) is 2.74. The van der Waals surface area contributed by atoms with Gasteiger partial charge in [-0.1, -0.05) is 19.1 Å². The molecule has 1 fully saturated rings. The van der Waals surface area contributed by atoms with Gasteiger partial charge in [-0.2, -0.15) is 0 Å². The number of hydrogen-bond acceptors (Lipinski definition) is 2. The van der Waals surface area contributed by atoms with Gasteiger partial charge in [0.2, 0.25) is 0 Å². The van der Waals surface area contributed by atoms with Crippen molar-refractivity contribution in [2.24, 2.45) is 5.92 Å². The molecule has 0 saturated carbocycles. The number of anilines is 1. The molecule has 1 saturated heterocycles. The van der Waals surface area contributed by atoms with Crippen LogP contribution < -0.4 is 5.73 Å². The molecule has 1 aromatic rings. The minimum absolute atomic E-state index is 0.685. The topological polar surface area (TPSA) is 29.3 Å². The predicted octanol–water partition coefficient (Wildman–Crippen LogP) is 3.20. The zero-order valence-electron chi connectivity index (χ0n) is 11.2. The molecule has 0 aliphatic carbocycles. The van der Waals surface area contributed by atoms with E-state index in [9.17, 15) is 0 Å². The van der Waals surface area contributed by atoms with Crippen LogP contribution in [0.1, 0.15) is 37.8 Å². The van der Waals surface area contributed by atoms with Gasteiger partial charge >= 0.3 is 0 Å². The maximum atomic E-state index is 5.97. The lowest BCUT2D eigenvalue weighted by molar-refractivity contribution is 0.106. The van der Waals surface area contributed by atoms with E-state index >= 15 is 0 Å². The average molecular weight is 232 g/mol. The second-order valence-electron chi connectivity index (χ2n) is 5.46. The Kier molecular flexibility index (Phi) is 3.72. The second kappa shape index (κ2) is 5.09. The normalized spacial score (nSPS) is 26.1. The van der Waals surface area contributed by atoms with Crippen LogP contribution in [0.3, 0.4) is 0 Å². The zero-order valence-corrected chi connectivity index (χ0v) is 11.2. The lowest BCUT2D eigenvalue weighted by Crippen LogP contribution is -2.41. The number of nitrogens with two attached hydrogens (primary N) is 1. The molecule has 2 unspecified atom stereocenters. The summed E-state index contributed by atoms with van der Waals surface area (Å²) in [4.78, 5) is 2.59. The first-order chi connectivity index (χ1) is 8.09. The molecule has 2 heteroatoms. The Morgan fingerprint density at radius 2 is 2.12 bits per heavy atom. The quantitative estimate of drug-likeness (QED) is 0.793. The summed E-state index contributed by atoms with van der Waals surface area (Å²) in [5.41, 5.74) is 9.51. The molecule has 0 amide bonds. The van der Waals surface area contributed by atoms with Crippen LogP contribution in [0, 0.1) is 12.8 Å². The van der Waals surface area contributed by atoms with Crippen LogP contribution in [0.5, 0.6) is 0 Å². The van der Waals surface area contributed by atoms with Gasteiger partial charge in [-0.3, -0.25) is 4.90 Å². The SMILES string of the molecule is Cc1c(N)cccc1CN1CCCC(C)C1C. The summed E-state index contributed by atoms with van der Waals surface area (Å²) in [5.74, 6) is 0.810. The van der Waals surface area contributed by atoms with Crippen LogP contribution in [0.15, 0.2) is 18.2 Å². The molecule has 0 radical (unpaired) electrons. The molecule has 1 aliphatic heterocycles. The van der Waals surface area contributed by atoms with Gasteiger partial charge in [-0.05, 0) is 56.3 Å². The Morgan fingerprint density at radius 3 is 2.88 bits per heavy atom. The molecule has 2 rings (SSSR count). The molecule has 0 bridgehead atoms. The van der Waals surface area contributed by atoms with E-state index in [2.05, 4.69) is 37.8 Å². The second-order valence-corrected chi connectivity index (χ2v) is 5.46. The van der Waals surface area contributed by atoms with Crippen molar-refractivity contribution < 1.29 is 0 Å². The highest BCUT2D eigenvalue weighted by molar-refractivity contribution is 5.49. The molecular formula is C15H24N2. The van der Waals surface area contributed by atoms with Gasteiger partial charge in [0.1, 0.15) is 0 Å². The van der Waals surface area contributed by atoms with Crippen LogP contribution in [0.4, 0.5) is 5.69 Å². The van der Waals surface area contributed by atoms with Crippen LogP contribution in [-0.4, -0.2) is 17.5 Å². The van der Waals surface area contributed by atoms with Crippen molar-refractivity contribution in [3.63, 3.8) is 0 Å². The van der Waals surface area contributed by atoms with Crippen molar-refractivity contribution in [1.82, 2.24) is 4.90 Å². The van der Waals surface area contributed by atoms with Gasteiger partial charge in [0, 0.05) is 18.3 Å². The standard InChI is InChI=1S/C15H24N2/c1-11-6-5-9-17(13(11)3)10-14-7-4-8-15(16)12(14)2/h4,7-8,11,13H,5-6,9-10,16H2,1-3H3. The zero-order chi connectivity index (χ0) is 12.4. The van der Waals surface area contributed by atoms with E-state index < -0.39 is 0 Å². The number of nitrogen functional groups attached to an aromatic ring is 1. The maximum absolute atomic E-state index is 5.97. The Hall–Kier alpha value is -1.02. The van der Waals surface area contributed by atoms with Crippen molar-refractivity contribution in [2.45, 2.75) is 46.2 Å². The predicted molar refractivity (Wildman–Crippen MR) is 73.9 cm³/mol. The monoisotopic (exact) mass is 232 g/mol. The first-order valence-electron chi connectivity index (χ1n) is 6.67. The molecular weight excluding hydrogens is 208 g/mol. The summed E-state index contributed by atoms with van der Waals surface area (Å²) in [5, 5.41) is 0. The lowest BCUT2D eigenvalue weighted by Gasteiger charge is -2.38. The van der Waals surface area contributed by atoms with E-state index in [1.165, 1.54) is 30.5 Å². The molecule has 0 spiro atoms. The van der Waals surface area contributed by atoms with Gasteiger partial charge in [-0.25, -0.2) is 0 Å². The van der Waals surface area contributed by atoms with Crippen molar-refractivity contribution in [3.8, 4) is 0 Å². The van der Waals surface area contributed by atoms with Gasteiger partial charge in [0.05, 0.1) is 0 Å². The summed E-state index contributed by atoms with van der Waals surface area (Å²) in [7, 11) is 0. The highest BCUT2D eigenvalue weighted by Gasteiger charge is 2.24. The van der Waals surface area contributed by atoms with Gasteiger partial charge < -0.3 is 5.73 Å². The molecule has 2 nitrogen and oxygen atoms in total. The summed E-state index contributed by atoms with van der Waals surface area (Å²) in [6.45, 7) is 9.11. The number of hydrogen-bond donors (Lipinski definition) is 1. The van der Waals surface area contributed by atoms with E-state index in [1.54, 1.807) is 0 Å². The third-order valence-electron chi connectivity index (χ3n) is 4.37. The Bertz CT molecular complexity index is 387. The highest BCUT2D eigenvalue weighted by Crippen LogP contribution is 2.26. The van der Waals surface area contributed by atoms with Crippen molar-refractivity contribution in [2.75, 3.05) is 12.3 Å². The number of rotatable bonds is 2. The molecule has 94 valence electrons. The molecule has 1 aliphatic rings. The first kappa shape index (κ1) is 12.4. The number of piperidine rings is 1. The van der Waals surface area contributed by atoms with Crippen LogP contribution in [0.25, 0.3) is 0 Å². The largest absolute Gasteiger partial charge is 0.399 e. The lowest BCUT2D eigenvalue weighted by atomic mass is 9.91. The molecule has 2 N–H and O–H groups in total. The van der Waals surface area contributed by atoms with Gasteiger partial charge in [0.25, 0.3) is 0 Å². The van der Waals surface area contributed by atoms with E-state index in [0.29, 0.717) is 6.04 Å². The van der Waals surface area contributed by atoms with E-state index in [1.807, 2.05) is 6.07 Å². The summed E-state index contributed by atoms with van der Waals surface area (Å²) >= 11 is 0. The summed E-state index contributed by atoms with van der Waals surface area (Å²) < 4.78 is 0. The first-order valence-corrected chi connectivity index (χ1v) is 6.67. The summed E-state index contributed by atoms with van der Waals surface area (Å²) in [6.07, 6.45) is 2.69. The molecule has 17 heavy (non-hydrogen) atoms. The third-order valence-corrected chi connectivity index (χ3v) is 4.37. The Morgan fingerprint density at radius 1 is 1.35 bits per heavy atom. The van der Waals surface area contributed by atoms with Crippen LogP contribution in [0.2, 0.25) is 0 Å². The average Bonchev–Trinajstić information content (AvgIpc) is 2.31. The fraction of sp³-hybridized carbons (Fsp3) is 0.600. The summed E-state index contributed by atoms with van der Waals surface area (Å²) in [6, 6.07) is 6.94. The third kappa shape index (κ3) is 2.63. The van der Waals surface area contributed by atoms with Crippen LogP contribution >= 0.6 is 0 Å². The molecule has 0 aromatic heterocycles. The molecule has 1 heterocycles. The number of nitrogens with zero attached hydrogens (tertiary/aromatic N) is 1. The molecule has 1 aromatic carbocycles. The van der Waals surface area contributed by atoms with Gasteiger partial charge in [-0.15, -0.1) is 0 Å². The van der Waals surface area contributed by atoms with E-state index in [4.69, 9.17) is 5.73 Å². The van der Waals surface area contributed by atoms with Gasteiger partial charge in [0.15, 0.2) is 0 Å². The Balaban J connectivity index is 2.12. The van der Waals surface area contributed by atoms with Crippen molar-refractivity contribution in [1.29, 1.82) is 0 Å². The van der Waals surface area contributed by atoms with E-state index in [-0.39, 0.29) is 0 Å². The minimum Gasteiger partial charge on any atom is -0.399 e. The molecule has 2 atom stereocenters. The van der Waals surface area contributed by atoms with E-state index in [0.717, 1.165) is 18.2 Å². The number of likely N-dealkylation sites (tertiary alicyclic amines) is 1. The minimum atomic E-state index is 0.685. The van der Waals surface area contributed by atoms with Crippen molar-refractivity contribution >= 4 is 5.69 Å². The smallest absolute Gasteiger partial charge is 0.0346 e. The number of benzene rings is 1. The fourth-order valence-corrected chi connectivity index (χ4v) is 2.74. The van der Waals surface area contributed by atoms with Crippen molar-refractivity contribution in [3.05, 3.63) is 29.3 Å². The highest BCUT2D eigenvalue weighted by atomic mass is 15.2. The van der Waals surface area contributed by atoms with Crippen LogP contribution in [-0.2, 0) is 6.54 Å². The maximum Gasteiger partial charge on any atom is 0.0346 e.